The molecule has 0 aliphatic heterocycles. The van der Waals surface area contributed by atoms with Crippen LogP contribution in [0.3, 0.4) is 0 Å². The van der Waals surface area contributed by atoms with Gasteiger partial charge in [-0.3, -0.25) is 0 Å². The summed E-state index contributed by atoms with van der Waals surface area (Å²) >= 11 is 1.72. The average molecular weight is 176 g/mol. The van der Waals surface area contributed by atoms with Gasteiger partial charge >= 0.3 is 0 Å². The maximum atomic E-state index is 10.5. The fourth-order valence-electron chi connectivity index (χ4n) is 0.658. The largest absolute Gasteiger partial charge is 0.395 e. The Balaban J connectivity index is 3.08. The Morgan fingerprint density at radius 3 is 2.73 bits per heavy atom. The van der Waals surface area contributed by atoms with Gasteiger partial charge in [0.05, 0.1) is 6.61 Å². The van der Waals surface area contributed by atoms with Gasteiger partial charge in [0.2, 0.25) is 0 Å². The predicted molar refractivity (Wildman–Crippen MR) is 48.9 cm³/mol. The number of ketones is 1. The molecule has 1 unspecified atom stereocenters. The smallest absolute Gasteiger partial charge is 0.129 e. The van der Waals surface area contributed by atoms with E-state index in [4.69, 9.17) is 5.11 Å². The standard InChI is InChI=1S/C8H16O2S/c1-7(10)4-3-5-11-8(2)6-9/h8-9H,3-6H2,1-2H3. The molecule has 0 fully saturated rings. The lowest BCUT2D eigenvalue weighted by Crippen LogP contribution is -2.03. The Labute approximate surface area is 72.4 Å². The SMILES string of the molecule is CC(=O)CCCSC(C)CO. The fourth-order valence-corrected chi connectivity index (χ4v) is 1.48. The topological polar surface area (TPSA) is 37.3 Å². The minimum atomic E-state index is 0.227. The van der Waals surface area contributed by atoms with Crippen molar-refractivity contribution in [2.24, 2.45) is 0 Å². The first-order chi connectivity index (χ1) is 5.16. The molecule has 0 aromatic carbocycles. The Morgan fingerprint density at radius 1 is 1.64 bits per heavy atom. The monoisotopic (exact) mass is 176 g/mol. The van der Waals surface area contributed by atoms with Crippen molar-refractivity contribution in [2.45, 2.75) is 31.9 Å². The minimum absolute atomic E-state index is 0.227. The van der Waals surface area contributed by atoms with Gasteiger partial charge < -0.3 is 9.90 Å². The molecule has 1 N–H and O–H groups in total. The van der Waals surface area contributed by atoms with E-state index in [-0.39, 0.29) is 12.4 Å². The number of carbonyl (C=O) groups excluding carboxylic acids is 1. The lowest BCUT2D eigenvalue weighted by Gasteiger charge is -2.05. The molecule has 0 aromatic heterocycles. The number of hydrogen-bond acceptors (Lipinski definition) is 3. The van der Waals surface area contributed by atoms with Gasteiger partial charge in [-0.25, -0.2) is 0 Å². The van der Waals surface area contributed by atoms with E-state index in [0.29, 0.717) is 11.7 Å². The molecule has 0 aliphatic rings. The molecule has 0 saturated carbocycles. The third kappa shape index (κ3) is 7.88. The third-order valence-electron chi connectivity index (χ3n) is 1.33. The fraction of sp³-hybridized carbons (Fsp3) is 0.875. The van der Waals surface area contributed by atoms with Gasteiger partial charge in [-0.1, -0.05) is 6.92 Å². The molecule has 0 radical (unpaired) electrons. The van der Waals surface area contributed by atoms with Crippen molar-refractivity contribution in [3.05, 3.63) is 0 Å². The molecular formula is C8H16O2S. The summed E-state index contributed by atoms with van der Waals surface area (Å²) in [4.78, 5) is 10.5. The summed E-state index contributed by atoms with van der Waals surface area (Å²) in [5.74, 6) is 1.23. The van der Waals surface area contributed by atoms with Gasteiger partial charge in [0, 0.05) is 11.7 Å². The van der Waals surface area contributed by atoms with E-state index in [9.17, 15) is 4.79 Å². The van der Waals surface area contributed by atoms with Crippen LogP contribution in [0.2, 0.25) is 0 Å². The average Bonchev–Trinajstić information content (AvgIpc) is 1.97. The van der Waals surface area contributed by atoms with Crippen LogP contribution in [0.25, 0.3) is 0 Å². The maximum Gasteiger partial charge on any atom is 0.129 e. The summed E-state index contributed by atoms with van der Waals surface area (Å²) < 4.78 is 0. The van der Waals surface area contributed by atoms with Crippen LogP contribution in [0.1, 0.15) is 26.7 Å². The van der Waals surface area contributed by atoms with Crippen LogP contribution >= 0.6 is 11.8 Å². The number of hydrogen-bond donors (Lipinski definition) is 1. The zero-order chi connectivity index (χ0) is 8.69. The Morgan fingerprint density at radius 2 is 2.27 bits per heavy atom. The highest BCUT2D eigenvalue weighted by molar-refractivity contribution is 7.99. The van der Waals surface area contributed by atoms with Crippen molar-refractivity contribution < 1.29 is 9.90 Å². The maximum absolute atomic E-state index is 10.5. The molecule has 11 heavy (non-hydrogen) atoms. The van der Waals surface area contributed by atoms with E-state index in [2.05, 4.69) is 0 Å². The number of rotatable bonds is 6. The normalized spacial score (nSPS) is 13.0. The molecule has 0 aromatic rings. The molecule has 2 nitrogen and oxygen atoms in total. The van der Waals surface area contributed by atoms with Crippen molar-refractivity contribution in [1.82, 2.24) is 0 Å². The summed E-state index contributed by atoms with van der Waals surface area (Å²) in [5, 5.41) is 8.96. The number of aliphatic hydroxyl groups excluding tert-OH is 1. The van der Waals surface area contributed by atoms with Gasteiger partial charge in [0.25, 0.3) is 0 Å². The highest BCUT2D eigenvalue weighted by atomic mass is 32.2. The van der Waals surface area contributed by atoms with Gasteiger partial charge in [0.15, 0.2) is 0 Å². The van der Waals surface area contributed by atoms with Crippen LogP contribution in [-0.2, 0) is 4.79 Å². The zero-order valence-corrected chi connectivity index (χ0v) is 7.99. The molecule has 0 aliphatic carbocycles. The quantitative estimate of drug-likeness (QED) is 0.623. The Kier molecular flexibility index (Phi) is 6.66. The lowest BCUT2D eigenvalue weighted by molar-refractivity contribution is -0.117. The summed E-state index contributed by atoms with van der Waals surface area (Å²) in [6.45, 7) is 3.82. The van der Waals surface area contributed by atoms with Crippen molar-refractivity contribution >= 4 is 17.5 Å². The van der Waals surface area contributed by atoms with Gasteiger partial charge in [-0.15, -0.1) is 0 Å². The van der Waals surface area contributed by atoms with Crippen LogP contribution < -0.4 is 0 Å². The summed E-state index contributed by atoms with van der Waals surface area (Å²) in [6, 6.07) is 0. The second kappa shape index (κ2) is 6.68. The van der Waals surface area contributed by atoms with Crippen molar-refractivity contribution in [3.8, 4) is 0 Å². The molecule has 0 rings (SSSR count). The molecule has 3 heteroatoms. The van der Waals surface area contributed by atoms with Gasteiger partial charge in [-0.2, -0.15) is 11.8 Å². The highest BCUT2D eigenvalue weighted by Gasteiger charge is 1.99. The number of Topliss-reactive ketones (excluding diaryl/α,β-unsaturated/α-hetero) is 1. The van der Waals surface area contributed by atoms with E-state index >= 15 is 0 Å². The molecule has 0 heterocycles. The van der Waals surface area contributed by atoms with Crippen LogP contribution in [0, 0.1) is 0 Å². The predicted octanol–water partition coefficient (Wildman–Crippen LogP) is 1.47. The summed E-state index contributed by atoms with van der Waals surface area (Å²) in [5.41, 5.74) is 0. The van der Waals surface area contributed by atoms with Crippen molar-refractivity contribution in [3.63, 3.8) is 0 Å². The van der Waals surface area contributed by atoms with Crippen molar-refractivity contribution in [2.75, 3.05) is 12.4 Å². The van der Waals surface area contributed by atoms with Crippen molar-refractivity contribution in [1.29, 1.82) is 0 Å². The minimum Gasteiger partial charge on any atom is -0.395 e. The second-order valence-corrected chi connectivity index (χ2v) is 4.22. The second-order valence-electron chi connectivity index (χ2n) is 2.67. The van der Waals surface area contributed by atoms with Gasteiger partial charge in [0.1, 0.15) is 5.78 Å². The Hall–Kier alpha value is -0.0200. The van der Waals surface area contributed by atoms with Crippen LogP contribution in [0.5, 0.6) is 0 Å². The molecule has 66 valence electrons. The van der Waals surface area contributed by atoms with E-state index in [0.717, 1.165) is 12.2 Å². The van der Waals surface area contributed by atoms with Crippen LogP contribution in [0.15, 0.2) is 0 Å². The molecule has 0 bridgehead atoms. The number of thioether (sulfide) groups is 1. The third-order valence-corrected chi connectivity index (χ3v) is 2.58. The number of carbonyl (C=O) groups is 1. The first-order valence-corrected chi connectivity index (χ1v) is 4.93. The van der Waals surface area contributed by atoms with E-state index in [1.54, 1.807) is 18.7 Å². The van der Waals surface area contributed by atoms with E-state index < -0.39 is 0 Å². The van der Waals surface area contributed by atoms with E-state index in [1.807, 2.05) is 6.92 Å². The zero-order valence-electron chi connectivity index (χ0n) is 7.17. The molecular weight excluding hydrogens is 160 g/mol. The molecule has 0 saturated heterocycles. The number of aliphatic hydroxyl groups is 1. The van der Waals surface area contributed by atoms with Gasteiger partial charge in [-0.05, 0) is 19.1 Å². The molecule has 0 amide bonds. The Bertz CT molecular complexity index is 115. The highest BCUT2D eigenvalue weighted by Crippen LogP contribution is 2.11. The first-order valence-electron chi connectivity index (χ1n) is 3.88. The molecule has 1 atom stereocenters. The molecule has 0 spiro atoms. The lowest BCUT2D eigenvalue weighted by atomic mass is 10.3. The first kappa shape index (κ1) is 11.0. The van der Waals surface area contributed by atoms with E-state index in [1.165, 1.54) is 0 Å². The van der Waals surface area contributed by atoms with Crippen LogP contribution in [0.4, 0.5) is 0 Å². The van der Waals surface area contributed by atoms with Crippen LogP contribution in [-0.4, -0.2) is 28.5 Å². The summed E-state index contributed by atoms with van der Waals surface area (Å²) in [6.07, 6.45) is 1.61. The summed E-state index contributed by atoms with van der Waals surface area (Å²) in [7, 11) is 0.